The first-order chi connectivity index (χ1) is 11.2. The Balaban J connectivity index is 1.70. The number of rotatable bonds is 6. The number of aromatic nitrogens is 3. The van der Waals surface area contributed by atoms with E-state index in [4.69, 9.17) is 9.47 Å². The molecule has 0 fully saturated rings. The number of nitrogens with one attached hydrogen (secondary N) is 2. The summed E-state index contributed by atoms with van der Waals surface area (Å²) in [7, 11) is 3.15. The van der Waals surface area contributed by atoms with E-state index in [9.17, 15) is 4.79 Å². The van der Waals surface area contributed by atoms with Crippen LogP contribution in [0.2, 0.25) is 0 Å². The van der Waals surface area contributed by atoms with Crippen molar-refractivity contribution in [1.29, 1.82) is 0 Å². The minimum Gasteiger partial charge on any atom is -0.480 e. The van der Waals surface area contributed by atoms with Gasteiger partial charge < -0.3 is 14.8 Å². The highest BCUT2D eigenvalue weighted by molar-refractivity contribution is 5.96. The fourth-order valence-electron chi connectivity index (χ4n) is 2.76. The Morgan fingerprint density at radius 1 is 1.35 bits per heavy atom. The molecule has 0 unspecified atom stereocenters. The number of ether oxygens (including phenoxy) is 2. The summed E-state index contributed by atoms with van der Waals surface area (Å²) in [5.74, 6) is 0.180. The average Bonchev–Trinajstić information content (AvgIpc) is 3.20. The van der Waals surface area contributed by atoms with Gasteiger partial charge in [-0.05, 0) is 37.0 Å². The Bertz CT molecular complexity index is 711. The Hall–Kier alpha value is -2.41. The van der Waals surface area contributed by atoms with Gasteiger partial charge in [-0.25, -0.2) is 4.98 Å². The molecule has 0 aromatic carbocycles. The lowest BCUT2D eigenvalue weighted by molar-refractivity contribution is 0.0946. The van der Waals surface area contributed by atoms with Crippen molar-refractivity contribution in [2.75, 3.05) is 14.2 Å². The molecule has 1 aliphatic carbocycles. The summed E-state index contributed by atoms with van der Waals surface area (Å²) in [5.41, 5.74) is 4.27. The van der Waals surface area contributed by atoms with Gasteiger partial charge >= 0.3 is 0 Å². The molecule has 2 aromatic heterocycles. The summed E-state index contributed by atoms with van der Waals surface area (Å²) in [6, 6.07) is 3.76. The van der Waals surface area contributed by atoms with Gasteiger partial charge in [0.15, 0.2) is 0 Å². The lowest BCUT2D eigenvalue weighted by Gasteiger charge is -2.10. The Kier molecular flexibility index (Phi) is 4.57. The maximum absolute atomic E-state index is 12.4. The second-order valence-electron chi connectivity index (χ2n) is 5.50. The molecular weight excluding hydrogens is 296 g/mol. The molecule has 122 valence electrons. The molecule has 23 heavy (non-hydrogen) atoms. The number of pyridine rings is 1. The van der Waals surface area contributed by atoms with Crippen molar-refractivity contribution in [1.82, 2.24) is 20.5 Å². The fourth-order valence-corrected chi connectivity index (χ4v) is 2.76. The van der Waals surface area contributed by atoms with E-state index in [2.05, 4.69) is 20.5 Å². The van der Waals surface area contributed by atoms with Gasteiger partial charge in [0, 0.05) is 12.8 Å². The molecule has 0 saturated heterocycles. The average molecular weight is 316 g/mol. The van der Waals surface area contributed by atoms with Crippen LogP contribution in [0.4, 0.5) is 0 Å². The predicted molar refractivity (Wildman–Crippen MR) is 83.3 cm³/mol. The normalized spacial score (nSPS) is 13.0. The molecule has 0 radical (unpaired) electrons. The van der Waals surface area contributed by atoms with Crippen LogP contribution in [0, 0.1) is 0 Å². The predicted octanol–water partition coefficient (Wildman–Crippen LogP) is 1.38. The van der Waals surface area contributed by atoms with Crippen molar-refractivity contribution in [3.63, 3.8) is 0 Å². The van der Waals surface area contributed by atoms with Crippen LogP contribution < -0.4 is 10.1 Å². The Labute approximate surface area is 134 Å². The van der Waals surface area contributed by atoms with Crippen LogP contribution in [0.15, 0.2) is 12.1 Å². The zero-order valence-corrected chi connectivity index (χ0v) is 13.3. The summed E-state index contributed by atoms with van der Waals surface area (Å²) in [6.07, 6.45) is 2.99. The van der Waals surface area contributed by atoms with Gasteiger partial charge in [-0.15, -0.1) is 0 Å². The summed E-state index contributed by atoms with van der Waals surface area (Å²) < 4.78 is 10.3. The third-order valence-corrected chi connectivity index (χ3v) is 3.87. The van der Waals surface area contributed by atoms with Crippen molar-refractivity contribution in [3.05, 3.63) is 40.3 Å². The van der Waals surface area contributed by atoms with E-state index in [-0.39, 0.29) is 5.91 Å². The molecule has 7 nitrogen and oxygen atoms in total. The van der Waals surface area contributed by atoms with Crippen molar-refractivity contribution in [3.8, 4) is 5.88 Å². The van der Waals surface area contributed by atoms with Gasteiger partial charge in [0.25, 0.3) is 5.91 Å². The minimum atomic E-state index is -0.202. The van der Waals surface area contributed by atoms with Gasteiger partial charge in [0.05, 0.1) is 31.6 Å². The van der Waals surface area contributed by atoms with Crippen molar-refractivity contribution in [2.24, 2.45) is 0 Å². The second-order valence-corrected chi connectivity index (χ2v) is 5.50. The maximum atomic E-state index is 12.4. The fraction of sp³-hybridized carbons (Fsp3) is 0.438. The number of carbonyl (C=O) groups is 1. The quantitative estimate of drug-likeness (QED) is 0.840. The van der Waals surface area contributed by atoms with Gasteiger partial charge in [0.2, 0.25) is 5.88 Å². The molecule has 0 saturated carbocycles. The zero-order valence-electron chi connectivity index (χ0n) is 13.3. The van der Waals surface area contributed by atoms with E-state index < -0.39 is 0 Å². The maximum Gasteiger partial charge on any atom is 0.257 e. The van der Waals surface area contributed by atoms with Crippen LogP contribution in [0.25, 0.3) is 0 Å². The van der Waals surface area contributed by atoms with Crippen molar-refractivity contribution >= 4 is 5.91 Å². The van der Waals surface area contributed by atoms with Gasteiger partial charge in [-0.3, -0.25) is 9.89 Å². The summed E-state index contributed by atoms with van der Waals surface area (Å²) in [5, 5.41) is 9.84. The second kappa shape index (κ2) is 6.78. The largest absolute Gasteiger partial charge is 0.480 e. The number of carbonyl (C=O) groups excluding carboxylic acids is 1. The van der Waals surface area contributed by atoms with Crippen LogP contribution in [0.3, 0.4) is 0 Å². The van der Waals surface area contributed by atoms with Gasteiger partial charge in [-0.2, -0.15) is 5.10 Å². The molecular formula is C16H20N4O3. The number of amides is 1. The smallest absolute Gasteiger partial charge is 0.257 e. The number of fused-ring (bicyclic) bond motifs is 1. The van der Waals surface area contributed by atoms with Gasteiger partial charge in [-0.1, -0.05) is 0 Å². The number of aromatic amines is 1. The zero-order chi connectivity index (χ0) is 16.2. The number of aryl methyl sites for hydroxylation is 2. The lowest BCUT2D eigenvalue weighted by Crippen LogP contribution is -2.24. The number of hydrogen-bond donors (Lipinski definition) is 2. The van der Waals surface area contributed by atoms with Crippen LogP contribution >= 0.6 is 0 Å². The molecule has 0 aliphatic heterocycles. The van der Waals surface area contributed by atoms with Crippen LogP contribution in [0.5, 0.6) is 5.88 Å². The highest BCUT2D eigenvalue weighted by atomic mass is 16.5. The first-order valence-corrected chi connectivity index (χ1v) is 7.58. The molecule has 2 N–H and O–H groups in total. The molecule has 3 rings (SSSR count). The lowest BCUT2D eigenvalue weighted by atomic mass is 10.1. The first-order valence-electron chi connectivity index (χ1n) is 7.58. The van der Waals surface area contributed by atoms with E-state index in [0.29, 0.717) is 24.6 Å². The first kappa shape index (κ1) is 15.5. The highest BCUT2D eigenvalue weighted by Crippen LogP contribution is 2.26. The van der Waals surface area contributed by atoms with E-state index in [0.717, 1.165) is 41.9 Å². The number of methoxy groups -OCH3 is 2. The number of hydrogen-bond acceptors (Lipinski definition) is 5. The molecule has 1 aliphatic rings. The Morgan fingerprint density at radius 3 is 3.00 bits per heavy atom. The number of H-pyrrole nitrogens is 1. The monoisotopic (exact) mass is 316 g/mol. The summed E-state index contributed by atoms with van der Waals surface area (Å²) >= 11 is 0. The molecule has 2 heterocycles. The van der Waals surface area contributed by atoms with Crippen LogP contribution in [-0.2, 0) is 30.7 Å². The summed E-state index contributed by atoms with van der Waals surface area (Å²) in [6.45, 7) is 0.794. The third-order valence-electron chi connectivity index (χ3n) is 3.87. The van der Waals surface area contributed by atoms with Crippen LogP contribution in [-0.4, -0.2) is 35.3 Å². The van der Waals surface area contributed by atoms with Crippen LogP contribution in [0.1, 0.15) is 39.4 Å². The topological polar surface area (TPSA) is 89.1 Å². The minimum absolute atomic E-state index is 0.202. The standard InChI is InChI=1S/C16H20N4O3/c1-22-9-12-7-11(19-20-12)8-17-15(21)13-6-10-4-3-5-14(10)18-16(13)23-2/h6-7H,3-5,8-9H2,1-2H3,(H,17,21)(H,19,20). The van der Waals surface area contributed by atoms with Crippen molar-refractivity contribution < 1.29 is 14.3 Å². The molecule has 0 bridgehead atoms. The van der Waals surface area contributed by atoms with Gasteiger partial charge in [0.1, 0.15) is 5.56 Å². The number of nitrogens with zero attached hydrogens (tertiary/aromatic N) is 2. The van der Waals surface area contributed by atoms with E-state index in [1.807, 2.05) is 12.1 Å². The molecule has 1 amide bonds. The highest BCUT2D eigenvalue weighted by Gasteiger charge is 2.20. The molecule has 2 aromatic rings. The SMILES string of the molecule is COCc1cc(CNC(=O)c2cc3c(nc2OC)CCC3)[nH]n1. The van der Waals surface area contributed by atoms with Crippen molar-refractivity contribution in [2.45, 2.75) is 32.4 Å². The Morgan fingerprint density at radius 2 is 2.22 bits per heavy atom. The van der Waals surface area contributed by atoms with E-state index >= 15 is 0 Å². The molecule has 0 atom stereocenters. The third kappa shape index (κ3) is 3.34. The molecule has 7 heteroatoms. The molecule has 0 spiro atoms. The van der Waals surface area contributed by atoms with E-state index in [1.54, 1.807) is 7.11 Å². The summed E-state index contributed by atoms with van der Waals surface area (Å²) in [4.78, 5) is 16.9. The van der Waals surface area contributed by atoms with E-state index in [1.165, 1.54) is 7.11 Å².